The van der Waals surface area contributed by atoms with Crippen molar-refractivity contribution in [1.82, 2.24) is 21.3 Å². The van der Waals surface area contributed by atoms with Crippen LogP contribution in [0.2, 0.25) is 0 Å². The number of rotatable bonds is 23. The van der Waals surface area contributed by atoms with Crippen LogP contribution in [0.4, 0.5) is 9.59 Å². The van der Waals surface area contributed by atoms with Gasteiger partial charge in [0.05, 0.1) is 13.2 Å². The number of alkyl carbamates (subject to hydrolysis) is 2. The lowest BCUT2D eigenvalue weighted by Gasteiger charge is -2.23. The van der Waals surface area contributed by atoms with Crippen LogP contribution in [0.25, 0.3) is 0 Å². The monoisotopic (exact) mass is 890 g/mol. The quantitative estimate of drug-likeness (QED) is 0.0251. The summed E-state index contributed by atoms with van der Waals surface area (Å²) in [6.45, 7) is 3.16. The molecule has 0 heterocycles. The predicted octanol–water partition coefficient (Wildman–Crippen LogP) is 4.95. The summed E-state index contributed by atoms with van der Waals surface area (Å²) in [6, 6.07) is 25.1. The molecule has 0 aromatic heterocycles. The molecule has 0 spiro atoms. The van der Waals surface area contributed by atoms with Crippen LogP contribution in [-0.2, 0) is 64.2 Å². The average molecular weight is 891 g/mol. The number of aromatic hydroxyl groups is 2. The zero-order chi connectivity index (χ0) is 44.7. The molecule has 0 aliphatic rings. The van der Waals surface area contributed by atoms with E-state index in [1.807, 2.05) is 12.1 Å². The van der Waals surface area contributed by atoms with Crippen molar-refractivity contribution in [3.8, 4) is 11.5 Å². The largest absolute Gasteiger partial charge is 0.508 e. The number of nitrogens with one attached hydrogen (secondary N) is 4. The zero-order valence-electron chi connectivity index (χ0n) is 34.2. The number of carbonyl (C=O) groups is 6. The number of hydrogen-bond acceptors (Lipinski definition) is 14. The van der Waals surface area contributed by atoms with Crippen LogP contribution < -0.4 is 21.3 Å². The van der Waals surface area contributed by atoms with Gasteiger partial charge in [0.1, 0.15) is 48.9 Å². The standard InChI is InChI=1S/C44H50N4O12S2/c1-3-57-41(53)35(23-29-15-19-33(49)20-16-29)45-39(51)37(47-43(55)59-25-31-11-7-5-8-12-31)27-61-62-28-38(48-44(56)60-26-32-13-9-6-10-14-32)40(52)46-36(42(54)58-4-2)24-30-17-21-34(50)22-18-30/h5-22,35-38,49-50H,3-4,23-28H2,1-2H3,(H,45,51)(H,46,52)(H,47,55)(H,48,56)/t35-,36+,37-,38-/m0/s1. The number of esters is 2. The lowest BCUT2D eigenvalue weighted by atomic mass is 10.1. The minimum Gasteiger partial charge on any atom is -0.508 e. The van der Waals surface area contributed by atoms with Gasteiger partial charge in [0.25, 0.3) is 0 Å². The van der Waals surface area contributed by atoms with Crippen LogP contribution in [0.15, 0.2) is 109 Å². The maximum Gasteiger partial charge on any atom is 0.408 e. The normalized spacial score (nSPS) is 12.6. The first-order chi connectivity index (χ1) is 29.9. The molecule has 330 valence electrons. The lowest BCUT2D eigenvalue weighted by Crippen LogP contribution is -2.54. The molecule has 0 radical (unpaired) electrons. The topological polar surface area (TPSA) is 228 Å². The van der Waals surface area contributed by atoms with E-state index in [4.69, 9.17) is 18.9 Å². The molecule has 4 aromatic carbocycles. The van der Waals surface area contributed by atoms with E-state index in [1.54, 1.807) is 86.6 Å². The number of carbonyl (C=O) groups excluding carboxylic acids is 6. The third-order valence-electron chi connectivity index (χ3n) is 8.72. The highest BCUT2D eigenvalue weighted by Gasteiger charge is 2.31. The Kier molecular flexibility index (Phi) is 20.3. The second-order valence-electron chi connectivity index (χ2n) is 13.5. The Labute approximate surface area is 367 Å². The van der Waals surface area contributed by atoms with Crippen LogP contribution in [-0.4, -0.2) is 95.0 Å². The van der Waals surface area contributed by atoms with E-state index in [9.17, 15) is 39.0 Å². The van der Waals surface area contributed by atoms with Crippen LogP contribution in [0, 0.1) is 0 Å². The number of benzene rings is 4. The van der Waals surface area contributed by atoms with Crippen molar-refractivity contribution >= 4 is 57.5 Å². The van der Waals surface area contributed by atoms with Gasteiger partial charge in [-0.15, -0.1) is 0 Å². The van der Waals surface area contributed by atoms with Gasteiger partial charge in [0.15, 0.2) is 0 Å². The highest BCUT2D eigenvalue weighted by Crippen LogP contribution is 2.24. The fourth-order valence-electron chi connectivity index (χ4n) is 5.56. The van der Waals surface area contributed by atoms with Crippen LogP contribution in [0.1, 0.15) is 36.1 Å². The number of ether oxygens (including phenoxy) is 4. The first kappa shape index (κ1) is 48.3. The molecule has 0 saturated heterocycles. The summed E-state index contributed by atoms with van der Waals surface area (Å²) in [5.74, 6) is -3.09. The number of phenolic OH excluding ortho intramolecular Hbond substituents is 2. The molecule has 4 atom stereocenters. The summed E-state index contributed by atoms with van der Waals surface area (Å²) in [5.41, 5.74) is 2.64. The average Bonchev–Trinajstić information content (AvgIpc) is 3.27. The maximum atomic E-state index is 13.8. The second kappa shape index (κ2) is 26.0. The van der Waals surface area contributed by atoms with Gasteiger partial charge in [-0.2, -0.15) is 0 Å². The Morgan fingerprint density at radius 3 is 1.16 bits per heavy atom. The van der Waals surface area contributed by atoms with Crippen LogP contribution in [0.3, 0.4) is 0 Å². The van der Waals surface area contributed by atoms with E-state index in [0.29, 0.717) is 22.3 Å². The lowest BCUT2D eigenvalue weighted by molar-refractivity contribution is -0.148. The van der Waals surface area contributed by atoms with E-state index < -0.39 is 60.1 Å². The van der Waals surface area contributed by atoms with Crippen molar-refractivity contribution in [2.45, 2.75) is 64.1 Å². The third kappa shape index (κ3) is 17.3. The second-order valence-corrected chi connectivity index (χ2v) is 16.0. The van der Waals surface area contributed by atoms with Gasteiger partial charge in [0.2, 0.25) is 11.8 Å². The van der Waals surface area contributed by atoms with Crippen molar-refractivity contribution in [3.05, 3.63) is 131 Å². The molecule has 4 aromatic rings. The zero-order valence-corrected chi connectivity index (χ0v) is 35.8. The molecule has 4 amide bonds. The summed E-state index contributed by atoms with van der Waals surface area (Å²) < 4.78 is 21.2. The summed E-state index contributed by atoms with van der Waals surface area (Å²) >= 11 is 0. The number of amides is 4. The molecule has 0 bridgehead atoms. The van der Waals surface area contributed by atoms with E-state index in [-0.39, 0.29) is 62.3 Å². The summed E-state index contributed by atoms with van der Waals surface area (Å²) in [5, 5.41) is 29.9. The summed E-state index contributed by atoms with van der Waals surface area (Å²) in [7, 11) is 2.14. The third-order valence-corrected chi connectivity index (χ3v) is 11.1. The van der Waals surface area contributed by atoms with Crippen molar-refractivity contribution in [3.63, 3.8) is 0 Å². The molecule has 0 aliphatic carbocycles. The van der Waals surface area contributed by atoms with Gasteiger partial charge in [-0.25, -0.2) is 19.2 Å². The Bertz CT molecular complexity index is 1900. The Hall–Kier alpha value is -6.40. The summed E-state index contributed by atoms with van der Waals surface area (Å²) in [4.78, 5) is 79.8. The molecule has 18 heteroatoms. The van der Waals surface area contributed by atoms with Gasteiger partial charge in [-0.05, 0) is 60.4 Å². The molecule has 62 heavy (non-hydrogen) atoms. The molecule has 0 saturated carbocycles. The number of hydrogen-bond donors (Lipinski definition) is 6. The van der Waals surface area contributed by atoms with Crippen molar-refractivity contribution in [1.29, 1.82) is 0 Å². The van der Waals surface area contributed by atoms with Gasteiger partial charge in [-0.1, -0.05) is 107 Å². The van der Waals surface area contributed by atoms with Crippen LogP contribution >= 0.6 is 21.6 Å². The maximum absolute atomic E-state index is 13.8. The van der Waals surface area contributed by atoms with E-state index in [1.165, 1.54) is 24.3 Å². The Morgan fingerprint density at radius 2 is 0.823 bits per heavy atom. The summed E-state index contributed by atoms with van der Waals surface area (Å²) in [6.07, 6.45) is -1.80. The number of phenols is 2. The van der Waals surface area contributed by atoms with Gasteiger partial charge >= 0.3 is 24.1 Å². The van der Waals surface area contributed by atoms with E-state index in [2.05, 4.69) is 21.3 Å². The molecule has 0 unspecified atom stereocenters. The van der Waals surface area contributed by atoms with Crippen molar-refractivity contribution < 1.29 is 57.9 Å². The van der Waals surface area contributed by atoms with E-state index in [0.717, 1.165) is 21.6 Å². The molecule has 6 N–H and O–H groups in total. The van der Waals surface area contributed by atoms with Gasteiger partial charge < -0.3 is 50.4 Å². The molecular weight excluding hydrogens is 841 g/mol. The first-order valence-corrected chi connectivity index (χ1v) is 22.1. The van der Waals surface area contributed by atoms with Crippen molar-refractivity contribution in [2.24, 2.45) is 0 Å². The van der Waals surface area contributed by atoms with Crippen LogP contribution in [0.5, 0.6) is 11.5 Å². The highest BCUT2D eigenvalue weighted by molar-refractivity contribution is 8.76. The smallest absolute Gasteiger partial charge is 0.408 e. The SMILES string of the molecule is CCOC(=O)[C@H](Cc1ccc(O)cc1)NC(=O)[C@H](CSSC[C@H](NC(=O)OCc1ccccc1)C(=O)N[C@H](Cc1ccc(O)cc1)C(=O)OCC)NC(=O)OCc1ccccc1. The molecule has 16 nitrogen and oxygen atoms in total. The van der Waals surface area contributed by atoms with Gasteiger partial charge in [0, 0.05) is 24.3 Å². The molecule has 0 fully saturated rings. The molecular formula is C44H50N4O12S2. The Balaban J connectivity index is 1.49. The van der Waals surface area contributed by atoms with Gasteiger partial charge in [-0.3, -0.25) is 9.59 Å². The minimum absolute atomic E-state index is 0.0142. The van der Waals surface area contributed by atoms with Crippen molar-refractivity contribution in [2.75, 3.05) is 24.7 Å². The predicted molar refractivity (Wildman–Crippen MR) is 233 cm³/mol. The highest BCUT2D eigenvalue weighted by atomic mass is 33.1. The fourth-order valence-corrected chi connectivity index (χ4v) is 7.89. The minimum atomic E-state index is -1.28. The molecule has 4 rings (SSSR count). The Morgan fingerprint density at radius 1 is 0.468 bits per heavy atom. The van der Waals surface area contributed by atoms with E-state index >= 15 is 0 Å². The first-order valence-electron chi connectivity index (χ1n) is 19.6. The molecule has 0 aliphatic heterocycles. The fraction of sp³-hybridized carbons (Fsp3) is 0.318.